The highest BCUT2D eigenvalue weighted by atomic mass is 32.2. The standard InChI is InChI=1S/C18H13N3O5S/c1-20-16(22)15(10-11-6-2-5-9-14(11)21(25)26)27-18(20)19-13-8-4-3-7-12(13)17(23)24/h2-10H,1H3,(H,23,24)/b15-10-,19-18?. The summed E-state index contributed by atoms with van der Waals surface area (Å²) in [6.45, 7) is 0. The van der Waals surface area contributed by atoms with Gasteiger partial charge in [-0.2, -0.15) is 0 Å². The highest BCUT2D eigenvalue weighted by molar-refractivity contribution is 8.18. The van der Waals surface area contributed by atoms with Crippen molar-refractivity contribution in [3.8, 4) is 0 Å². The van der Waals surface area contributed by atoms with Gasteiger partial charge in [0.2, 0.25) is 0 Å². The first kappa shape index (κ1) is 18.3. The quantitative estimate of drug-likeness (QED) is 0.491. The largest absolute Gasteiger partial charge is 0.478 e. The molecular formula is C18H13N3O5S. The lowest BCUT2D eigenvalue weighted by Gasteiger charge is -2.08. The van der Waals surface area contributed by atoms with Crippen LogP contribution < -0.4 is 0 Å². The summed E-state index contributed by atoms with van der Waals surface area (Å²) >= 11 is 1.03. The molecule has 2 aromatic carbocycles. The minimum Gasteiger partial charge on any atom is -0.478 e. The average molecular weight is 383 g/mol. The van der Waals surface area contributed by atoms with E-state index in [1.165, 1.54) is 30.2 Å². The molecule has 0 aliphatic carbocycles. The van der Waals surface area contributed by atoms with Crippen LogP contribution in [0.2, 0.25) is 0 Å². The van der Waals surface area contributed by atoms with E-state index in [0.29, 0.717) is 10.7 Å². The van der Waals surface area contributed by atoms with Crippen LogP contribution in [0.4, 0.5) is 11.4 Å². The van der Waals surface area contributed by atoms with Crippen LogP contribution in [0.5, 0.6) is 0 Å². The van der Waals surface area contributed by atoms with Crippen LogP contribution in [0.1, 0.15) is 15.9 Å². The molecule has 0 bridgehead atoms. The minimum absolute atomic E-state index is 0.0163. The van der Waals surface area contributed by atoms with Crippen molar-refractivity contribution < 1.29 is 19.6 Å². The molecule has 1 aliphatic heterocycles. The summed E-state index contributed by atoms with van der Waals surface area (Å²) in [6, 6.07) is 12.3. The number of aromatic carboxylic acids is 1. The second-order valence-corrected chi connectivity index (χ2v) is 6.52. The number of hydrogen-bond donors (Lipinski definition) is 1. The highest BCUT2D eigenvalue weighted by Gasteiger charge is 2.31. The Balaban J connectivity index is 1.99. The first-order valence-electron chi connectivity index (χ1n) is 7.70. The fourth-order valence-corrected chi connectivity index (χ4v) is 3.39. The Morgan fingerprint density at radius 1 is 1.22 bits per heavy atom. The minimum atomic E-state index is -1.12. The number of carbonyl (C=O) groups is 2. The monoisotopic (exact) mass is 383 g/mol. The third-order valence-corrected chi connectivity index (χ3v) is 4.83. The van der Waals surface area contributed by atoms with Crippen LogP contribution in [0, 0.1) is 10.1 Å². The molecule has 1 heterocycles. The Bertz CT molecular complexity index is 1020. The second-order valence-electron chi connectivity index (χ2n) is 5.51. The van der Waals surface area contributed by atoms with Gasteiger partial charge < -0.3 is 5.11 Å². The number of carboxylic acids is 1. The van der Waals surface area contributed by atoms with Gasteiger partial charge in [-0.15, -0.1) is 0 Å². The lowest BCUT2D eigenvalue weighted by molar-refractivity contribution is -0.385. The van der Waals surface area contributed by atoms with Gasteiger partial charge in [0.05, 0.1) is 26.6 Å². The Labute approximate surface area is 158 Å². The van der Waals surface area contributed by atoms with Crippen molar-refractivity contribution in [1.82, 2.24) is 4.90 Å². The molecule has 1 saturated heterocycles. The van der Waals surface area contributed by atoms with E-state index in [1.54, 1.807) is 36.4 Å². The number of likely N-dealkylation sites (N-methyl/N-ethyl adjacent to an activating group) is 1. The summed E-state index contributed by atoms with van der Waals surface area (Å²) in [7, 11) is 1.51. The summed E-state index contributed by atoms with van der Waals surface area (Å²) in [5, 5.41) is 20.7. The number of hydrogen-bond acceptors (Lipinski definition) is 6. The summed E-state index contributed by atoms with van der Waals surface area (Å²) in [4.78, 5) is 40.3. The second kappa shape index (κ2) is 7.42. The van der Waals surface area contributed by atoms with E-state index in [0.717, 1.165) is 11.8 Å². The van der Waals surface area contributed by atoms with Gasteiger partial charge in [-0.05, 0) is 36.0 Å². The van der Waals surface area contributed by atoms with Crippen LogP contribution in [0.3, 0.4) is 0 Å². The Kier molecular flexibility index (Phi) is 5.04. The van der Waals surface area contributed by atoms with Crippen molar-refractivity contribution in [2.45, 2.75) is 0 Å². The van der Waals surface area contributed by atoms with E-state index >= 15 is 0 Å². The van der Waals surface area contributed by atoms with Crippen molar-refractivity contribution >= 4 is 46.3 Å². The Hall–Kier alpha value is -3.46. The fourth-order valence-electron chi connectivity index (χ4n) is 2.42. The van der Waals surface area contributed by atoms with Crippen LogP contribution >= 0.6 is 11.8 Å². The topological polar surface area (TPSA) is 113 Å². The molecule has 136 valence electrons. The molecule has 27 heavy (non-hydrogen) atoms. The molecule has 2 aromatic rings. The molecule has 1 aliphatic rings. The van der Waals surface area contributed by atoms with Gasteiger partial charge in [0.25, 0.3) is 11.6 Å². The maximum absolute atomic E-state index is 12.5. The van der Waals surface area contributed by atoms with E-state index < -0.39 is 10.9 Å². The van der Waals surface area contributed by atoms with E-state index in [2.05, 4.69) is 4.99 Å². The molecule has 3 rings (SSSR count). The van der Waals surface area contributed by atoms with Gasteiger partial charge in [0.15, 0.2) is 5.17 Å². The van der Waals surface area contributed by atoms with Gasteiger partial charge in [-0.1, -0.05) is 24.3 Å². The fraction of sp³-hybridized carbons (Fsp3) is 0.0556. The van der Waals surface area contributed by atoms with Gasteiger partial charge in [0.1, 0.15) is 0 Å². The van der Waals surface area contributed by atoms with E-state index in [-0.39, 0.29) is 27.8 Å². The number of thioether (sulfide) groups is 1. The lowest BCUT2D eigenvalue weighted by atomic mass is 10.1. The maximum Gasteiger partial charge on any atom is 0.337 e. The zero-order valence-corrected chi connectivity index (χ0v) is 14.8. The van der Waals surface area contributed by atoms with Crippen LogP contribution in [-0.4, -0.2) is 39.0 Å². The molecule has 0 radical (unpaired) electrons. The number of carboxylic acid groups (broad SMARTS) is 1. The summed E-state index contributed by atoms with van der Waals surface area (Å²) in [6.07, 6.45) is 1.44. The van der Waals surface area contributed by atoms with Crippen molar-refractivity contribution in [2.75, 3.05) is 7.05 Å². The normalized spacial score (nSPS) is 16.9. The SMILES string of the molecule is CN1C(=O)/C(=C/c2ccccc2[N+](=O)[O-])SC1=Nc1ccccc1C(=O)O. The van der Waals surface area contributed by atoms with Crippen molar-refractivity contribution in [2.24, 2.45) is 4.99 Å². The summed E-state index contributed by atoms with van der Waals surface area (Å²) in [5.74, 6) is -1.49. The zero-order chi connectivity index (χ0) is 19.6. The highest BCUT2D eigenvalue weighted by Crippen LogP contribution is 2.35. The van der Waals surface area contributed by atoms with Gasteiger partial charge in [-0.25, -0.2) is 9.79 Å². The van der Waals surface area contributed by atoms with Crippen LogP contribution in [0.15, 0.2) is 58.4 Å². The number of benzene rings is 2. The lowest BCUT2D eigenvalue weighted by Crippen LogP contribution is -2.23. The molecule has 1 amide bonds. The molecule has 1 N–H and O–H groups in total. The number of nitro groups is 1. The number of para-hydroxylation sites is 2. The molecule has 0 unspecified atom stereocenters. The molecular weight excluding hydrogens is 370 g/mol. The van der Waals surface area contributed by atoms with Crippen molar-refractivity contribution in [3.63, 3.8) is 0 Å². The number of nitrogens with zero attached hydrogens (tertiary/aromatic N) is 3. The predicted octanol–water partition coefficient (Wildman–Crippen LogP) is 3.53. The van der Waals surface area contributed by atoms with Gasteiger partial charge >= 0.3 is 5.97 Å². The van der Waals surface area contributed by atoms with Crippen LogP contribution in [-0.2, 0) is 4.79 Å². The number of carbonyl (C=O) groups excluding carboxylic acids is 1. The molecule has 0 saturated carbocycles. The number of amidine groups is 1. The average Bonchev–Trinajstić information content (AvgIpc) is 2.90. The van der Waals surface area contributed by atoms with Gasteiger partial charge in [0, 0.05) is 13.1 Å². The van der Waals surface area contributed by atoms with E-state index in [4.69, 9.17) is 0 Å². The van der Waals surface area contributed by atoms with Crippen molar-refractivity contribution in [3.05, 3.63) is 74.7 Å². The molecule has 0 atom stereocenters. The van der Waals surface area contributed by atoms with Crippen molar-refractivity contribution in [1.29, 1.82) is 0 Å². The van der Waals surface area contributed by atoms with E-state index in [1.807, 2.05) is 0 Å². The molecule has 8 nitrogen and oxygen atoms in total. The number of rotatable bonds is 4. The maximum atomic E-state index is 12.5. The molecule has 0 spiro atoms. The first-order valence-corrected chi connectivity index (χ1v) is 8.52. The molecule has 9 heteroatoms. The zero-order valence-electron chi connectivity index (χ0n) is 14.0. The smallest absolute Gasteiger partial charge is 0.337 e. The number of nitro benzene ring substituents is 1. The summed E-state index contributed by atoms with van der Waals surface area (Å²) in [5.41, 5.74) is 0.434. The number of amides is 1. The Morgan fingerprint density at radius 3 is 2.59 bits per heavy atom. The van der Waals surface area contributed by atoms with Gasteiger partial charge in [-0.3, -0.25) is 19.8 Å². The third-order valence-electron chi connectivity index (χ3n) is 3.77. The predicted molar refractivity (Wildman–Crippen MR) is 102 cm³/mol. The van der Waals surface area contributed by atoms with E-state index in [9.17, 15) is 24.8 Å². The number of aliphatic imine (C=N–C) groups is 1. The summed E-state index contributed by atoms with van der Waals surface area (Å²) < 4.78 is 0. The molecule has 1 fully saturated rings. The van der Waals surface area contributed by atoms with Crippen LogP contribution in [0.25, 0.3) is 6.08 Å². The third kappa shape index (κ3) is 3.72. The molecule has 0 aromatic heterocycles. The Morgan fingerprint density at radius 2 is 1.89 bits per heavy atom. The first-order chi connectivity index (χ1) is 12.9.